The summed E-state index contributed by atoms with van der Waals surface area (Å²) >= 11 is 0. The van der Waals surface area contributed by atoms with E-state index in [9.17, 15) is 38.7 Å². The molecule has 8 N–H and O–H groups in total. The third kappa shape index (κ3) is 8.45. The molecule has 2 aromatic carbocycles. The van der Waals surface area contributed by atoms with E-state index in [1.165, 1.54) is 10.6 Å². The summed E-state index contributed by atoms with van der Waals surface area (Å²) in [5.74, 6) is -3.85. The van der Waals surface area contributed by atoms with Gasteiger partial charge in [-0.3, -0.25) is 28.8 Å². The van der Waals surface area contributed by atoms with E-state index in [-0.39, 0.29) is 75.5 Å². The molecule has 0 spiro atoms. The average Bonchev–Trinajstić information content (AvgIpc) is 3.63. The fraction of sp³-hybridized carbons (Fsp3) is 0.395. The first-order valence-electron chi connectivity index (χ1n) is 20.2. The molecular weight excluding hydrogens is 792 g/mol. The molecule has 7 rings (SSSR count). The number of ether oxygens (including phenoxy) is 1. The number of hydrogen-bond donors (Lipinski definition) is 7. The maximum absolute atomic E-state index is 15.3. The van der Waals surface area contributed by atoms with E-state index >= 15 is 4.39 Å². The number of esters is 1. The maximum atomic E-state index is 15.3. The average molecular weight is 839 g/mol. The van der Waals surface area contributed by atoms with Crippen molar-refractivity contribution in [1.29, 1.82) is 0 Å². The van der Waals surface area contributed by atoms with Crippen molar-refractivity contribution in [1.82, 2.24) is 36.1 Å². The number of halogens is 1. The van der Waals surface area contributed by atoms with Crippen molar-refractivity contribution in [2.24, 2.45) is 5.73 Å². The fourth-order valence-electron chi connectivity index (χ4n) is 8.35. The van der Waals surface area contributed by atoms with Crippen molar-refractivity contribution in [3.05, 3.63) is 97.6 Å². The number of aryl methyl sites for hydroxylation is 1. The van der Waals surface area contributed by atoms with Crippen LogP contribution < -0.4 is 37.9 Å². The first-order chi connectivity index (χ1) is 29.2. The molecule has 0 bridgehead atoms. The highest BCUT2D eigenvalue weighted by Crippen LogP contribution is 2.46. The molecule has 17 nitrogen and oxygen atoms in total. The molecule has 18 heteroatoms. The van der Waals surface area contributed by atoms with Crippen LogP contribution in [0.15, 0.2) is 47.3 Å². The maximum Gasteiger partial charge on any atom is 0.343 e. The van der Waals surface area contributed by atoms with Crippen LogP contribution in [0, 0.1) is 12.7 Å². The monoisotopic (exact) mass is 838 g/mol. The van der Waals surface area contributed by atoms with E-state index in [4.69, 9.17) is 15.5 Å². The van der Waals surface area contributed by atoms with E-state index in [2.05, 4.69) is 26.6 Å². The topological polar surface area (TPSA) is 253 Å². The number of nitrogens with two attached hydrogens (primary N) is 1. The molecule has 61 heavy (non-hydrogen) atoms. The van der Waals surface area contributed by atoms with Gasteiger partial charge in [0, 0.05) is 42.0 Å². The van der Waals surface area contributed by atoms with Crippen molar-refractivity contribution >= 4 is 46.4 Å². The molecule has 4 aromatic rings. The van der Waals surface area contributed by atoms with Gasteiger partial charge in [-0.05, 0) is 60.9 Å². The summed E-state index contributed by atoms with van der Waals surface area (Å²) in [6.45, 7) is 2.18. The Morgan fingerprint density at radius 3 is 2.49 bits per heavy atom. The number of fused-ring (bicyclic) bond motifs is 5. The number of hydrogen-bond acceptors (Lipinski definition) is 11. The quantitative estimate of drug-likeness (QED) is 0.0563. The second-order valence-electron chi connectivity index (χ2n) is 15.4. The van der Waals surface area contributed by atoms with Crippen LogP contribution in [0.4, 0.5) is 4.39 Å². The van der Waals surface area contributed by atoms with Gasteiger partial charge in [-0.1, -0.05) is 37.3 Å². The van der Waals surface area contributed by atoms with Gasteiger partial charge in [0.15, 0.2) is 5.60 Å². The highest BCUT2D eigenvalue weighted by atomic mass is 19.1. The van der Waals surface area contributed by atoms with Crippen LogP contribution in [0.5, 0.6) is 0 Å². The normalized spacial score (nSPS) is 17.6. The fourth-order valence-corrected chi connectivity index (χ4v) is 8.35. The molecule has 3 atom stereocenters. The van der Waals surface area contributed by atoms with Crippen LogP contribution in [0.2, 0.25) is 0 Å². The molecule has 0 saturated carbocycles. The Balaban J connectivity index is 1.00. The molecule has 1 aliphatic carbocycles. The number of benzene rings is 2. The zero-order valence-corrected chi connectivity index (χ0v) is 33.7. The van der Waals surface area contributed by atoms with Gasteiger partial charge in [0.05, 0.1) is 54.7 Å². The van der Waals surface area contributed by atoms with Gasteiger partial charge in [0.25, 0.3) is 5.56 Å². The van der Waals surface area contributed by atoms with Gasteiger partial charge in [-0.25, -0.2) is 14.2 Å². The Morgan fingerprint density at radius 1 is 1.00 bits per heavy atom. The Bertz CT molecular complexity index is 2530. The number of nitrogens with one attached hydrogen (secondary N) is 5. The van der Waals surface area contributed by atoms with Crippen molar-refractivity contribution in [3.63, 3.8) is 0 Å². The van der Waals surface area contributed by atoms with Crippen LogP contribution in [-0.4, -0.2) is 82.4 Å². The molecule has 0 radical (unpaired) electrons. The molecule has 4 heterocycles. The van der Waals surface area contributed by atoms with Crippen LogP contribution in [0.25, 0.3) is 22.3 Å². The SMILES string of the molecule is CC[C@@]1(O)C(=O)OCc2c1cc1n(c2=O)Cc2c-1nc1cc(F)c(C)c3c1c2C(NC(=O)CCCNC(=O)CNC(=O)C(Cc1ccccc1)NC(=O)CNC(=O)CN)CC3. The van der Waals surface area contributed by atoms with E-state index in [1.807, 2.05) is 6.07 Å². The van der Waals surface area contributed by atoms with Gasteiger partial charge in [-0.2, -0.15) is 0 Å². The van der Waals surface area contributed by atoms with Crippen LogP contribution >= 0.6 is 0 Å². The van der Waals surface area contributed by atoms with Crippen LogP contribution in [0.1, 0.15) is 77.6 Å². The Kier molecular flexibility index (Phi) is 12.3. The summed E-state index contributed by atoms with van der Waals surface area (Å²) in [6, 6.07) is 10.3. The summed E-state index contributed by atoms with van der Waals surface area (Å²) in [4.78, 5) is 94.7. The van der Waals surface area contributed by atoms with E-state index < -0.39 is 65.2 Å². The highest BCUT2D eigenvalue weighted by molar-refractivity contribution is 5.94. The molecule has 0 saturated heterocycles. The van der Waals surface area contributed by atoms with Gasteiger partial charge >= 0.3 is 5.97 Å². The molecule has 2 unspecified atom stereocenters. The lowest BCUT2D eigenvalue weighted by atomic mass is 9.81. The first-order valence-corrected chi connectivity index (χ1v) is 20.2. The number of carbonyl (C=O) groups excluding carboxylic acids is 6. The molecule has 0 fully saturated rings. The van der Waals surface area contributed by atoms with Gasteiger partial charge in [0.1, 0.15) is 18.5 Å². The zero-order chi connectivity index (χ0) is 43.6. The van der Waals surface area contributed by atoms with E-state index in [0.29, 0.717) is 46.3 Å². The molecule has 2 aromatic heterocycles. The van der Waals surface area contributed by atoms with Gasteiger partial charge < -0.3 is 46.7 Å². The predicted octanol–water partition coefficient (Wildman–Crippen LogP) is 0.446. The number of carbonyl (C=O) groups is 6. The first kappa shape index (κ1) is 42.6. The third-order valence-electron chi connectivity index (χ3n) is 11.6. The molecular formula is C43H47FN8O9. The number of nitrogens with zero attached hydrogens (tertiary/aromatic N) is 2. The zero-order valence-electron chi connectivity index (χ0n) is 33.7. The standard InChI is InChI=1S/C43H47FN8O9/c1-3-43(60)27-15-32-39-25(20-52(32)41(58)26(27)21-61-42(43)59)38-29(12-11-24-22(2)28(44)16-30(51-39)37(24)38)49-33(53)10-7-13-46-35(55)18-48-40(57)31(14-23-8-5-4-6-9-23)50-36(56)19-47-34(54)17-45/h4-6,8-9,15-16,29,31,60H,3,7,10-14,17-21,45H2,1-2H3,(H,46,55)(H,47,54)(H,48,57)(H,49,53)(H,50,56)/t29?,31?,43-/m0/s1. The molecule has 3 aliphatic rings. The lowest BCUT2D eigenvalue weighted by Gasteiger charge is -2.31. The van der Waals surface area contributed by atoms with Crippen molar-refractivity contribution in [3.8, 4) is 11.4 Å². The summed E-state index contributed by atoms with van der Waals surface area (Å²) in [7, 11) is 0. The number of aliphatic hydroxyl groups is 1. The lowest BCUT2D eigenvalue weighted by molar-refractivity contribution is -0.172. The minimum Gasteiger partial charge on any atom is -0.458 e. The lowest BCUT2D eigenvalue weighted by Crippen LogP contribution is -2.52. The predicted molar refractivity (Wildman–Crippen MR) is 218 cm³/mol. The van der Waals surface area contributed by atoms with Crippen molar-refractivity contribution in [2.45, 2.75) is 83.2 Å². The van der Waals surface area contributed by atoms with Gasteiger partial charge in [0.2, 0.25) is 29.5 Å². The number of rotatable bonds is 15. The Morgan fingerprint density at radius 2 is 1.75 bits per heavy atom. The summed E-state index contributed by atoms with van der Waals surface area (Å²) in [5, 5.41) is 25.3. The number of aromatic nitrogens is 2. The van der Waals surface area contributed by atoms with Gasteiger partial charge in [-0.15, -0.1) is 0 Å². The third-order valence-corrected chi connectivity index (χ3v) is 11.6. The second kappa shape index (κ2) is 17.6. The minimum atomic E-state index is -2.02. The highest BCUT2D eigenvalue weighted by Gasteiger charge is 2.46. The van der Waals surface area contributed by atoms with Crippen LogP contribution in [-0.2, 0) is 65.1 Å². The number of pyridine rings is 2. The van der Waals surface area contributed by atoms with E-state index in [1.54, 1.807) is 44.2 Å². The van der Waals surface area contributed by atoms with E-state index in [0.717, 1.165) is 16.7 Å². The summed E-state index contributed by atoms with van der Waals surface area (Å²) in [5.41, 5.74) is 7.66. The second-order valence-corrected chi connectivity index (χ2v) is 15.4. The van der Waals surface area contributed by atoms with Crippen LogP contribution in [0.3, 0.4) is 0 Å². The molecule has 320 valence electrons. The Labute approximate surface area is 349 Å². The minimum absolute atomic E-state index is 0.0238. The van der Waals surface area contributed by atoms with Crippen molar-refractivity contribution in [2.75, 3.05) is 26.2 Å². The summed E-state index contributed by atoms with van der Waals surface area (Å²) in [6.07, 6.45) is 1.31. The van der Waals surface area contributed by atoms with Crippen molar-refractivity contribution < 1.29 is 43.0 Å². The largest absolute Gasteiger partial charge is 0.458 e. The molecule has 5 amide bonds. The molecule has 2 aliphatic heterocycles. The number of amides is 5. The summed E-state index contributed by atoms with van der Waals surface area (Å²) < 4.78 is 22.0. The number of cyclic esters (lactones) is 1. The smallest absolute Gasteiger partial charge is 0.343 e. The Hall–Kier alpha value is -6.53.